The van der Waals surface area contributed by atoms with Crippen LogP contribution in [0.1, 0.15) is 60.0 Å². The maximum Gasteiger partial charge on any atom is 0.251 e. The van der Waals surface area contributed by atoms with Crippen molar-refractivity contribution >= 4 is 5.91 Å². The van der Waals surface area contributed by atoms with E-state index < -0.39 is 0 Å². The Morgan fingerprint density at radius 1 is 1.36 bits per heavy atom. The van der Waals surface area contributed by atoms with Crippen LogP contribution in [0.4, 0.5) is 0 Å². The van der Waals surface area contributed by atoms with Gasteiger partial charge in [-0.3, -0.25) is 4.79 Å². The summed E-state index contributed by atoms with van der Waals surface area (Å²) < 4.78 is 11.0. The van der Waals surface area contributed by atoms with Gasteiger partial charge in [0, 0.05) is 24.7 Å². The Morgan fingerprint density at radius 2 is 2.21 bits per heavy atom. The SMILES string of the molecule is Cc1noc(C)c1COc1cccc(C(=O)NCCCN2CCCC[C@@H]2C)c1. The van der Waals surface area contributed by atoms with Crippen LogP contribution < -0.4 is 10.1 Å². The van der Waals surface area contributed by atoms with Gasteiger partial charge in [0.05, 0.1) is 11.3 Å². The van der Waals surface area contributed by atoms with Crippen LogP contribution in [0, 0.1) is 13.8 Å². The summed E-state index contributed by atoms with van der Waals surface area (Å²) in [5.41, 5.74) is 2.39. The van der Waals surface area contributed by atoms with Crippen LogP contribution in [0.5, 0.6) is 5.75 Å². The van der Waals surface area contributed by atoms with Crippen molar-refractivity contribution in [3.63, 3.8) is 0 Å². The van der Waals surface area contributed by atoms with E-state index in [9.17, 15) is 4.79 Å². The van der Waals surface area contributed by atoms with E-state index in [-0.39, 0.29) is 5.91 Å². The highest BCUT2D eigenvalue weighted by molar-refractivity contribution is 5.94. The minimum Gasteiger partial charge on any atom is -0.489 e. The molecule has 0 unspecified atom stereocenters. The molecule has 6 heteroatoms. The lowest BCUT2D eigenvalue weighted by atomic mass is 10.0. The van der Waals surface area contributed by atoms with Crippen molar-refractivity contribution in [2.45, 2.75) is 59.1 Å². The molecule has 0 radical (unpaired) electrons. The summed E-state index contributed by atoms with van der Waals surface area (Å²) in [6.07, 6.45) is 4.88. The van der Waals surface area contributed by atoms with E-state index in [1.165, 1.54) is 25.8 Å². The summed E-state index contributed by atoms with van der Waals surface area (Å²) in [7, 11) is 0. The average Bonchev–Trinajstić information content (AvgIpc) is 3.02. The number of aromatic nitrogens is 1. The number of likely N-dealkylation sites (tertiary alicyclic amines) is 1. The first-order valence-corrected chi connectivity index (χ1v) is 10.2. The maximum absolute atomic E-state index is 12.4. The zero-order valence-electron chi connectivity index (χ0n) is 17.2. The van der Waals surface area contributed by atoms with Crippen LogP contribution >= 0.6 is 0 Å². The molecule has 0 aliphatic carbocycles. The number of aryl methyl sites for hydroxylation is 2. The van der Waals surface area contributed by atoms with E-state index >= 15 is 0 Å². The van der Waals surface area contributed by atoms with E-state index in [2.05, 4.69) is 22.3 Å². The Morgan fingerprint density at radius 3 is 2.96 bits per heavy atom. The summed E-state index contributed by atoms with van der Waals surface area (Å²) in [4.78, 5) is 15.0. The second-order valence-electron chi connectivity index (χ2n) is 7.61. The standard InChI is InChI=1S/C22H31N3O3/c1-16-8-4-5-12-25(16)13-7-11-23-22(26)19-9-6-10-20(14-19)27-15-21-17(2)24-28-18(21)3/h6,9-10,14,16H,4-5,7-8,11-13,15H2,1-3H3,(H,23,26)/t16-/m0/s1. The number of carbonyl (C=O) groups is 1. The highest BCUT2D eigenvalue weighted by atomic mass is 16.5. The van der Waals surface area contributed by atoms with Crippen molar-refractivity contribution in [2.24, 2.45) is 0 Å². The first-order chi connectivity index (χ1) is 13.5. The number of ether oxygens (including phenoxy) is 1. The minimum atomic E-state index is -0.0607. The molecule has 1 atom stereocenters. The van der Waals surface area contributed by atoms with E-state index in [1.807, 2.05) is 32.0 Å². The Labute approximate surface area is 167 Å². The molecule has 1 fully saturated rings. The third kappa shape index (κ3) is 5.35. The van der Waals surface area contributed by atoms with Crippen molar-refractivity contribution in [3.05, 3.63) is 46.8 Å². The van der Waals surface area contributed by atoms with E-state index in [0.29, 0.717) is 30.5 Å². The molecule has 28 heavy (non-hydrogen) atoms. The lowest BCUT2D eigenvalue weighted by Crippen LogP contribution is -2.39. The summed E-state index contributed by atoms with van der Waals surface area (Å²) in [5.74, 6) is 1.36. The Kier molecular flexibility index (Phi) is 7.09. The first kappa shape index (κ1) is 20.4. The van der Waals surface area contributed by atoms with Gasteiger partial charge in [-0.15, -0.1) is 0 Å². The number of nitrogens with one attached hydrogen (secondary N) is 1. The molecule has 0 bridgehead atoms. The number of hydrogen-bond donors (Lipinski definition) is 1. The minimum absolute atomic E-state index is 0.0607. The predicted molar refractivity (Wildman–Crippen MR) is 109 cm³/mol. The quantitative estimate of drug-likeness (QED) is 0.699. The van der Waals surface area contributed by atoms with E-state index in [4.69, 9.17) is 9.26 Å². The van der Waals surface area contributed by atoms with Crippen molar-refractivity contribution in [1.82, 2.24) is 15.4 Å². The molecule has 2 heterocycles. The maximum atomic E-state index is 12.4. The van der Waals surface area contributed by atoms with Crippen molar-refractivity contribution in [3.8, 4) is 5.75 Å². The van der Waals surface area contributed by atoms with Crippen LogP contribution in [0.2, 0.25) is 0 Å². The number of nitrogens with zero attached hydrogens (tertiary/aromatic N) is 2. The molecule has 2 aromatic rings. The monoisotopic (exact) mass is 385 g/mol. The van der Waals surface area contributed by atoms with Crippen LogP contribution in [-0.4, -0.2) is 41.6 Å². The van der Waals surface area contributed by atoms with Crippen LogP contribution in [0.3, 0.4) is 0 Å². The molecule has 1 aromatic heterocycles. The molecule has 152 valence electrons. The van der Waals surface area contributed by atoms with Gasteiger partial charge < -0.3 is 19.5 Å². The van der Waals surface area contributed by atoms with Gasteiger partial charge in [-0.2, -0.15) is 0 Å². The molecular formula is C22H31N3O3. The topological polar surface area (TPSA) is 67.6 Å². The smallest absolute Gasteiger partial charge is 0.251 e. The summed E-state index contributed by atoms with van der Waals surface area (Å²) >= 11 is 0. The third-order valence-corrected chi connectivity index (χ3v) is 5.51. The second kappa shape index (κ2) is 9.73. The Bertz CT molecular complexity index is 768. The molecule has 1 aliphatic rings. The predicted octanol–water partition coefficient (Wildman–Crippen LogP) is 3.86. The largest absolute Gasteiger partial charge is 0.489 e. The number of carbonyl (C=O) groups excluding carboxylic acids is 1. The number of amides is 1. The molecule has 3 rings (SSSR count). The van der Waals surface area contributed by atoms with Gasteiger partial charge in [-0.05, 0) is 64.8 Å². The van der Waals surface area contributed by atoms with Crippen molar-refractivity contribution < 1.29 is 14.1 Å². The van der Waals surface area contributed by atoms with E-state index in [1.54, 1.807) is 6.07 Å². The summed E-state index contributed by atoms with van der Waals surface area (Å²) in [5, 5.41) is 6.95. The van der Waals surface area contributed by atoms with Crippen LogP contribution in [-0.2, 0) is 6.61 Å². The zero-order chi connectivity index (χ0) is 19.9. The van der Waals surface area contributed by atoms with Crippen molar-refractivity contribution in [2.75, 3.05) is 19.6 Å². The lowest BCUT2D eigenvalue weighted by molar-refractivity contribution is 0.0948. The highest BCUT2D eigenvalue weighted by Crippen LogP contribution is 2.19. The Balaban J connectivity index is 1.45. The van der Waals surface area contributed by atoms with Gasteiger partial charge >= 0.3 is 0 Å². The highest BCUT2D eigenvalue weighted by Gasteiger charge is 2.17. The number of benzene rings is 1. The summed E-state index contributed by atoms with van der Waals surface area (Å²) in [6, 6.07) is 7.95. The number of piperidine rings is 1. The van der Waals surface area contributed by atoms with Gasteiger partial charge in [0.25, 0.3) is 5.91 Å². The molecule has 6 nitrogen and oxygen atoms in total. The molecule has 1 aliphatic heterocycles. The van der Waals surface area contributed by atoms with Gasteiger partial charge in [0.15, 0.2) is 0 Å². The lowest BCUT2D eigenvalue weighted by Gasteiger charge is -2.33. The van der Waals surface area contributed by atoms with Gasteiger partial charge in [0.1, 0.15) is 18.1 Å². The van der Waals surface area contributed by atoms with Gasteiger partial charge in [-0.1, -0.05) is 17.6 Å². The molecule has 1 N–H and O–H groups in total. The van der Waals surface area contributed by atoms with Crippen molar-refractivity contribution in [1.29, 1.82) is 0 Å². The van der Waals surface area contributed by atoms with Crippen LogP contribution in [0.15, 0.2) is 28.8 Å². The molecule has 0 spiro atoms. The fourth-order valence-corrected chi connectivity index (χ4v) is 3.67. The molecule has 1 aromatic carbocycles. The normalized spacial score (nSPS) is 17.5. The first-order valence-electron chi connectivity index (χ1n) is 10.2. The zero-order valence-corrected chi connectivity index (χ0v) is 17.2. The van der Waals surface area contributed by atoms with Gasteiger partial charge in [-0.25, -0.2) is 0 Å². The fourth-order valence-electron chi connectivity index (χ4n) is 3.67. The molecular weight excluding hydrogens is 354 g/mol. The molecule has 0 saturated carbocycles. The van der Waals surface area contributed by atoms with E-state index in [0.717, 1.165) is 30.0 Å². The van der Waals surface area contributed by atoms with Gasteiger partial charge in [0.2, 0.25) is 0 Å². The molecule has 1 amide bonds. The van der Waals surface area contributed by atoms with Crippen LogP contribution in [0.25, 0.3) is 0 Å². The number of hydrogen-bond acceptors (Lipinski definition) is 5. The molecule has 1 saturated heterocycles. The average molecular weight is 386 g/mol. The second-order valence-corrected chi connectivity index (χ2v) is 7.61. The summed E-state index contributed by atoms with van der Waals surface area (Å²) in [6.45, 7) is 9.34. The fraction of sp³-hybridized carbons (Fsp3) is 0.545. The number of rotatable bonds is 8. The Hall–Kier alpha value is -2.34. The third-order valence-electron chi connectivity index (χ3n) is 5.51.